The van der Waals surface area contributed by atoms with Crippen molar-refractivity contribution < 1.29 is 11.0 Å². The summed E-state index contributed by atoms with van der Waals surface area (Å²) < 4.78 is 0. The van der Waals surface area contributed by atoms with E-state index < -0.39 is 0 Å². The van der Waals surface area contributed by atoms with E-state index in [1.807, 2.05) is 46.0 Å². The molecule has 0 aliphatic rings. The molecule has 230 valence electrons. The largest absolute Gasteiger partial charge is 0.300 e. The zero-order chi connectivity index (χ0) is 32.2. The van der Waals surface area contributed by atoms with E-state index in [0.717, 1.165) is 29.7 Å². The summed E-state index contributed by atoms with van der Waals surface area (Å²) in [5, 5.41) is 0. The predicted molar refractivity (Wildman–Crippen MR) is 186 cm³/mol. The fourth-order valence-electron chi connectivity index (χ4n) is 3.01. The van der Waals surface area contributed by atoms with E-state index >= 15 is 0 Å². The van der Waals surface area contributed by atoms with Crippen LogP contribution >= 0.6 is 0 Å². The van der Waals surface area contributed by atoms with Gasteiger partial charge in [-0.05, 0) is 79.0 Å². The lowest BCUT2D eigenvalue weighted by Gasteiger charge is -2.02. The number of hydrogen-bond donors (Lipinski definition) is 0. The van der Waals surface area contributed by atoms with E-state index in [1.54, 1.807) is 13.8 Å². The number of unbranched alkanes of at least 4 members (excludes halogenated alkanes) is 2. The minimum atomic E-state index is 0. The van der Waals surface area contributed by atoms with Gasteiger partial charge in [-0.3, -0.25) is 4.98 Å². The van der Waals surface area contributed by atoms with E-state index in [-0.39, 0.29) is 7.21 Å². The Morgan fingerprint density at radius 3 is 1.71 bits per heavy atom. The van der Waals surface area contributed by atoms with Crippen LogP contribution in [0.15, 0.2) is 84.1 Å². The summed E-state index contributed by atoms with van der Waals surface area (Å²) in [6.07, 6.45) is 15.1. The van der Waals surface area contributed by atoms with Crippen LogP contribution in [-0.2, 0) is 9.59 Å². The van der Waals surface area contributed by atoms with Crippen molar-refractivity contribution in [1.29, 1.82) is 0 Å². The van der Waals surface area contributed by atoms with Gasteiger partial charge in [0.1, 0.15) is 11.6 Å². The molecule has 0 saturated carbocycles. The molecule has 0 N–H and O–H groups in total. The topological polar surface area (TPSA) is 47.0 Å². The molecule has 2 aromatic rings. The molecule has 0 aliphatic heterocycles. The van der Waals surface area contributed by atoms with Gasteiger partial charge in [0.2, 0.25) is 0 Å². The first-order valence-electron chi connectivity index (χ1n) is 15.0. The second-order valence-electron chi connectivity index (χ2n) is 9.87. The fourth-order valence-corrected chi connectivity index (χ4v) is 3.01. The molecule has 0 bridgehead atoms. The number of pyridine rings is 1. The highest BCUT2D eigenvalue weighted by molar-refractivity contribution is 5.75. The molecule has 2 rings (SSSR count). The Labute approximate surface area is 255 Å². The Morgan fingerprint density at radius 1 is 0.805 bits per heavy atom. The Bertz CT molecular complexity index is 1060. The number of ketones is 2. The molecule has 1 aromatic heterocycles. The van der Waals surface area contributed by atoms with Crippen molar-refractivity contribution in [3.63, 3.8) is 0 Å². The lowest BCUT2D eigenvalue weighted by molar-refractivity contribution is -0.117. The van der Waals surface area contributed by atoms with E-state index in [9.17, 15) is 9.59 Å². The van der Waals surface area contributed by atoms with Gasteiger partial charge in [0, 0.05) is 31.7 Å². The lowest BCUT2D eigenvalue weighted by Crippen LogP contribution is -1.87. The van der Waals surface area contributed by atoms with E-state index in [0.29, 0.717) is 12.2 Å². The minimum absolute atomic E-state index is 0. The van der Waals surface area contributed by atoms with Crippen LogP contribution in [0, 0.1) is 6.92 Å². The zero-order valence-corrected chi connectivity index (χ0v) is 28.4. The first-order chi connectivity index (χ1) is 19.4. The van der Waals surface area contributed by atoms with Crippen molar-refractivity contribution in [2.24, 2.45) is 0 Å². The second-order valence-corrected chi connectivity index (χ2v) is 9.87. The molecule has 0 spiro atoms. The van der Waals surface area contributed by atoms with Gasteiger partial charge in [-0.1, -0.05) is 118 Å². The molecule has 0 radical (unpaired) electrons. The third-order valence-electron chi connectivity index (χ3n) is 5.45. The maximum absolute atomic E-state index is 10.3. The Kier molecular flexibility index (Phi) is 29.0. The molecular formula is C38H61NO2. The van der Waals surface area contributed by atoms with Gasteiger partial charge in [0.05, 0.1) is 0 Å². The van der Waals surface area contributed by atoms with Gasteiger partial charge in [0.15, 0.2) is 0 Å². The van der Waals surface area contributed by atoms with Crippen LogP contribution in [0.2, 0.25) is 0 Å². The number of aromatic nitrogens is 1. The van der Waals surface area contributed by atoms with E-state index in [2.05, 4.69) is 102 Å². The SMILES string of the molecule is C/C=C(C)/C=C(/C)C=C(C)C.C=Cc1ccc(-c2ccc(C)nc2)cc1.CC.CCC(C)=O.CCCCCC(C)=O.[HH]. The van der Waals surface area contributed by atoms with Gasteiger partial charge in [0.25, 0.3) is 0 Å². The monoisotopic (exact) mass is 563 g/mol. The van der Waals surface area contributed by atoms with Gasteiger partial charge in [-0.25, -0.2) is 0 Å². The van der Waals surface area contributed by atoms with Crippen molar-refractivity contribution >= 4 is 17.6 Å². The summed E-state index contributed by atoms with van der Waals surface area (Å²) >= 11 is 0. The zero-order valence-electron chi connectivity index (χ0n) is 28.4. The smallest absolute Gasteiger partial charge is 0.129 e. The summed E-state index contributed by atoms with van der Waals surface area (Å²) in [6.45, 7) is 27.5. The highest BCUT2D eigenvalue weighted by Gasteiger charge is 1.97. The van der Waals surface area contributed by atoms with Crippen molar-refractivity contribution in [2.45, 2.75) is 115 Å². The maximum atomic E-state index is 10.3. The number of aryl methyl sites for hydroxylation is 1. The summed E-state index contributed by atoms with van der Waals surface area (Å²) in [7, 11) is 0. The van der Waals surface area contributed by atoms with Crippen LogP contribution in [0.25, 0.3) is 17.2 Å². The molecule has 3 nitrogen and oxygen atoms in total. The third-order valence-corrected chi connectivity index (χ3v) is 5.45. The quantitative estimate of drug-likeness (QED) is 0.225. The van der Waals surface area contributed by atoms with Crippen LogP contribution in [0.3, 0.4) is 0 Å². The standard InChI is InChI=1S/C14H13N.C11H18.C7H14O.C4H8O.C2H6.H2/c1-3-12-5-8-13(9-6-12)14-7-4-11(2)15-10-14;1-6-10(4)8-11(5)7-9(2)3;1-3-4-5-6-7(2)8;1-3-4(2)5;1-2;/h3-10H,1H2,2H3;6-8H,1-5H3;3-6H2,1-2H3;3H2,1-2H3;1-2H3;1H/b;10-6+,11-8-;;;;. The van der Waals surface area contributed by atoms with Crippen LogP contribution in [0.1, 0.15) is 121 Å². The number of hydrogen-bond acceptors (Lipinski definition) is 3. The highest BCUT2D eigenvalue weighted by atomic mass is 16.1. The molecule has 0 fully saturated rings. The number of nitrogens with zero attached hydrogens (tertiary/aromatic N) is 1. The molecule has 3 heteroatoms. The third kappa shape index (κ3) is 28.0. The number of allylic oxidation sites excluding steroid dienone is 6. The Morgan fingerprint density at radius 2 is 1.34 bits per heavy atom. The van der Waals surface area contributed by atoms with Crippen molar-refractivity contribution in [3.8, 4) is 11.1 Å². The molecule has 0 saturated heterocycles. The van der Waals surface area contributed by atoms with E-state index in [4.69, 9.17) is 0 Å². The molecule has 0 amide bonds. The van der Waals surface area contributed by atoms with Crippen LogP contribution < -0.4 is 0 Å². The van der Waals surface area contributed by atoms with Gasteiger partial charge in [-0.2, -0.15) is 0 Å². The molecule has 0 aliphatic carbocycles. The number of Topliss-reactive ketones (excluding diaryl/α,β-unsaturated/α-hetero) is 2. The predicted octanol–water partition coefficient (Wildman–Crippen LogP) is 12.0. The Balaban J connectivity index is -0.000000238. The van der Waals surface area contributed by atoms with Crippen molar-refractivity contribution in [2.75, 3.05) is 0 Å². The van der Waals surface area contributed by atoms with Crippen LogP contribution in [0.5, 0.6) is 0 Å². The fraction of sp³-hybridized carbons (Fsp3) is 0.447. The average molecular weight is 564 g/mol. The Hall–Kier alpha value is -3.33. The number of rotatable bonds is 9. The molecule has 41 heavy (non-hydrogen) atoms. The van der Waals surface area contributed by atoms with Gasteiger partial charge >= 0.3 is 0 Å². The average Bonchev–Trinajstić information content (AvgIpc) is 2.95. The lowest BCUT2D eigenvalue weighted by atomic mass is 10.1. The maximum Gasteiger partial charge on any atom is 0.129 e. The first kappa shape index (κ1) is 42.1. The molecule has 1 aromatic carbocycles. The van der Waals surface area contributed by atoms with E-state index in [1.165, 1.54) is 35.1 Å². The number of carbonyl (C=O) groups excluding carboxylic acids is 2. The summed E-state index contributed by atoms with van der Waals surface area (Å²) in [5.41, 5.74) is 8.51. The summed E-state index contributed by atoms with van der Waals surface area (Å²) in [5.74, 6) is 0.573. The minimum Gasteiger partial charge on any atom is -0.300 e. The molecule has 0 atom stereocenters. The first-order valence-corrected chi connectivity index (χ1v) is 15.0. The normalized spacial score (nSPS) is 10.0. The van der Waals surface area contributed by atoms with Gasteiger partial charge < -0.3 is 9.59 Å². The molecule has 0 unspecified atom stereocenters. The summed E-state index contributed by atoms with van der Waals surface area (Å²) in [6, 6.07) is 12.4. The number of benzene rings is 1. The summed E-state index contributed by atoms with van der Waals surface area (Å²) in [4.78, 5) is 24.4. The molecule has 1 heterocycles. The van der Waals surface area contributed by atoms with Crippen molar-refractivity contribution in [3.05, 3.63) is 95.4 Å². The van der Waals surface area contributed by atoms with Crippen LogP contribution in [-0.4, -0.2) is 16.6 Å². The number of carbonyl (C=O) groups is 2. The highest BCUT2D eigenvalue weighted by Crippen LogP contribution is 2.19. The molecular weight excluding hydrogens is 502 g/mol. The van der Waals surface area contributed by atoms with Crippen LogP contribution in [0.4, 0.5) is 0 Å². The van der Waals surface area contributed by atoms with Gasteiger partial charge in [-0.15, -0.1) is 0 Å². The second kappa shape index (κ2) is 28.2. The van der Waals surface area contributed by atoms with Crippen molar-refractivity contribution in [1.82, 2.24) is 4.98 Å².